The summed E-state index contributed by atoms with van der Waals surface area (Å²) in [6, 6.07) is 0. The lowest BCUT2D eigenvalue weighted by atomic mass is 10.3. The van der Waals surface area contributed by atoms with Crippen LogP contribution in [0.25, 0.3) is 0 Å². The SMILES string of the molecule is NCCSC1CC(=O)CC1=O. The molecule has 1 fully saturated rings. The maximum Gasteiger partial charge on any atom is 0.153 e. The van der Waals surface area contributed by atoms with Gasteiger partial charge in [-0.1, -0.05) is 0 Å². The van der Waals surface area contributed by atoms with E-state index >= 15 is 0 Å². The summed E-state index contributed by atoms with van der Waals surface area (Å²) in [5, 5.41) is -0.0916. The van der Waals surface area contributed by atoms with Crippen molar-refractivity contribution in [3.63, 3.8) is 0 Å². The van der Waals surface area contributed by atoms with E-state index in [1.165, 1.54) is 11.8 Å². The van der Waals surface area contributed by atoms with Crippen LogP contribution in [0.3, 0.4) is 0 Å². The van der Waals surface area contributed by atoms with Crippen molar-refractivity contribution in [3.05, 3.63) is 0 Å². The predicted octanol–water partition coefficient (Wildman–Crippen LogP) is -0.0211. The normalized spacial score (nSPS) is 24.6. The molecule has 0 aromatic heterocycles. The third-order valence-electron chi connectivity index (χ3n) is 1.58. The van der Waals surface area contributed by atoms with E-state index < -0.39 is 0 Å². The molecule has 1 aliphatic rings. The van der Waals surface area contributed by atoms with Gasteiger partial charge in [-0.15, -0.1) is 11.8 Å². The largest absolute Gasteiger partial charge is 0.330 e. The molecule has 0 aromatic rings. The molecule has 0 aromatic carbocycles. The van der Waals surface area contributed by atoms with Crippen molar-refractivity contribution in [2.24, 2.45) is 5.73 Å². The third kappa shape index (κ3) is 2.31. The smallest absolute Gasteiger partial charge is 0.153 e. The Labute approximate surface area is 69.7 Å². The number of thioether (sulfide) groups is 1. The lowest BCUT2D eigenvalue weighted by molar-refractivity contribution is -0.121. The van der Waals surface area contributed by atoms with Crippen LogP contribution in [0.1, 0.15) is 12.8 Å². The Morgan fingerprint density at radius 1 is 1.55 bits per heavy atom. The summed E-state index contributed by atoms with van der Waals surface area (Å²) in [5.41, 5.74) is 5.27. The molecule has 0 radical (unpaired) electrons. The number of carbonyl (C=O) groups is 2. The number of ketones is 2. The van der Waals surface area contributed by atoms with Crippen molar-refractivity contribution in [2.45, 2.75) is 18.1 Å². The Hall–Kier alpha value is -0.350. The van der Waals surface area contributed by atoms with Crippen molar-refractivity contribution in [2.75, 3.05) is 12.3 Å². The minimum atomic E-state index is -0.0916. The summed E-state index contributed by atoms with van der Waals surface area (Å²) in [6.07, 6.45) is 0.561. The average Bonchev–Trinajstić information content (AvgIpc) is 2.26. The van der Waals surface area contributed by atoms with E-state index in [1.807, 2.05) is 0 Å². The molecule has 0 bridgehead atoms. The van der Waals surface area contributed by atoms with Gasteiger partial charge >= 0.3 is 0 Å². The monoisotopic (exact) mass is 173 g/mol. The molecular weight excluding hydrogens is 162 g/mol. The second kappa shape index (κ2) is 3.88. The quantitative estimate of drug-likeness (QED) is 0.609. The minimum absolute atomic E-state index is 0.0736. The van der Waals surface area contributed by atoms with Crippen molar-refractivity contribution in [3.8, 4) is 0 Å². The van der Waals surface area contributed by atoms with Gasteiger partial charge in [-0.2, -0.15) is 0 Å². The van der Waals surface area contributed by atoms with Crippen molar-refractivity contribution in [1.82, 2.24) is 0 Å². The Balaban J connectivity index is 2.34. The van der Waals surface area contributed by atoms with E-state index in [2.05, 4.69) is 0 Å². The van der Waals surface area contributed by atoms with Crippen LogP contribution in [0.5, 0.6) is 0 Å². The van der Waals surface area contributed by atoms with Crippen LogP contribution in [-0.4, -0.2) is 29.1 Å². The zero-order valence-corrected chi connectivity index (χ0v) is 7.02. The minimum Gasteiger partial charge on any atom is -0.330 e. The van der Waals surface area contributed by atoms with Gasteiger partial charge in [-0.05, 0) is 0 Å². The standard InChI is InChI=1S/C7H11NO2S/c8-1-2-11-7-4-5(9)3-6(7)10/h7H,1-4,8H2. The number of hydrogen-bond donors (Lipinski definition) is 1. The molecule has 1 unspecified atom stereocenters. The van der Waals surface area contributed by atoms with Crippen LogP contribution in [0.15, 0.2) is 0 Å². The number of rotatable bonds is 3. The van der Waals surface area contributed by atoms with Gasteiger partial charge < -0.3 is 5.73 Å². The summed E-state index contributed by atoms with van der Waals surface area (Å²) in [6.45, 7) is 0.572. The van der Waals surface area contributed by atoms with E-state index in [9.17, 15) is 9.59 Å². The maximum atomic E-state index is 11.0. The number of Topliss-reactive ketones (excluding diaryl/α,β-unsaturated/α-hetero) is 2. The molecule has 0 aliphatic heterocycles. The zero-order valence-electron chi connectivity index (χ0n) is 6.21. The first kappa shape index (κ1) is 8.74. The second-order valence-electron chi connectivity index (χ2n) is 2.53. The van der Waals surface area contributed by atoms with Crippen molar-refractivity contribution in [1.29, 1.82) is 0 Å². The highest BCUT2D eigenvalue weighted by molar-refractivity contribution is 8.00. The molecule has 0 heterocycles. The average molecular weight is 173 g/mol. The maximum absolute atomic E-state index is 11.0. The lowest BCUT2D eigenvalue weighted by Crippen LogP contribution is -2.12. The molecule has 1 aliphatic carbocycles. The van der Waals surface area contributed by atoms with Crippen molar-refractivity contribution < 1.29 is 9.59 Å². The van der Waals surface area contributed by atoms with Gasteiger partial charge in [0.15, 0.2) is 5.78 Å². The van der Waals surface area contributed by atoms with Gasteiger partial charge in [0.1, 0.15) is 5.78 Å². The molecule has 11 heavy (non-hydrogen) atoms. The highest BCUT2D eigenvalue weighted by Gasteiger charge is 2.30. The van der Waals surface area contributed by atoms with Crippen LogP contribution < -0.4 is 5.73 Å². The fourth-order valence-electron chi connectivity index (χ4n) is 1.06. The first-order chi connectivity index (χ1) is 5.24. The van der Waals surface area contributed by atoms with Gasteiger partial charge in [0.25, 0.3) is 0 Å². The van der Waals surface area contributed by atoms with Gasteiger partial charge in [-0.25, -0.2) is 0 Å². The Kier molecular flexibility index (Phi) is 3.08. The van der Waals surface area contributed by atoms with E-state index in [-0.39, 0.29) is 23.2 Å². The van der Waals surface area contributed by atoms with Crippen LogP contribution in [-0.2, 0) is 9.59 Å². The number of carbonyl (C=O) groups excluding carboxylic acids is 2. The van der Waals surface area contributed by atoms with E-state index in [0.717, 1.165) is 5.75 Å². The highest BCUT2D eigenvalue weighted by atomic mass is 32.2. The summed E-state index contributed by atoms with van der Waals surface area (Å²) in [5.74, 6) is 0.918. The Bertz CT molecular complexity index is 181. The third-order valence-corrected chi connectivity index (χ3v) is 2.88. The molecule has 1 atom stereocenters. The molecule has 3 nitrogen and oxygen atoms in total. The molecule has 62 valence electrons. The second-order valence-corrected chi connectivity index (χ2v) is 3.84. The van der Waals surface area contributed by atoms with Crippen LogP contribution in [0, 0.1) is 0 Å². The predicted molar refractivity (Wildman–Crippen MR) is 44.5 cm³/mol. The van der Waals surface area contributed by atoms with Crippen LogP contribution in [0.2, 0.25) is 0 Å². The molecule has 2 N–H and O–H groups in total. The topological polar surface area (TPSA) is 60.2 Å². The molecule has 0 saturated heterocycles. The zero-order chi connectivity index (χ0) is 8.27. The van der Waals surface area contributed by atoms with Crippen LogP contribution >= 0.6 is 11.8 Å². The highest BCUT2D eigenvalue weighted by Crippen LogP contribution is 2.23. The molecule has 1 saturated carbocycles. The summed E-state index contributed by atoms with van der Waals surface area (Å²) in [7, 11) is 0. The number of nitrogens with two attached hydrogens (primary N) is 1. The van der Waals surface area contributed by atoms with Crippen molar-refractivity contribution >= 4 is 23.3 Å². The van der Waals surface area contributed by atoms with Crippen LogP contribution in [0.4, 0.5) is 0 Å². The molecule has 0 spiro atoms. The van der Waals surface area contributed by atoms with Gasteiger partial charge in [-0.3, -0.25) is 9.59 Å². The van der Waals surface area contributed by atoms with Gasteiger partial charge in [0.05, 0.1) is 11.7 Å². The first-order valence-electron chi connectivity index (χ1n) is 3.60. The fraction of sp³-hybridized carbons (Fsp3) is 0.714. The fourth-order valence-corrected chi connectivity index (χ4v) is 2.06. The van der Waals surface area contributed by atoms with E-state index in [1.54, 1.807) is 0 Å². The molecule has 1 rings (SSSR count). The lowest BCUT2D eigenvalue weighted by Gasteiger charge is -2.03. The Morgan fingerprint density at radius 2 is 2.27 bits per heavy atom. The summed E-state index contributed by atoms with van der Waals surface area (Å²) >= 11 is 1.50. The van der Waals surface area contributed by atoms with Gasteiger partial charge in [0.2, 0.25) is 0 Å². The Morgan fingerprint density at radius 3 is 2.73 bits per heavy atom. The van der Waals surface area contributed by atoms with E-state index in [0.29, 0.717) is 13.0 Å². The molecule has 4 heteroatoms. The molecule has 0 amide bonds. The van der Waals surface area contributed by atoms with Gasteiger partial charge in [0, 0.05) is 18.7 Å². The van der Waals surface area contributed by atoms with E-state index in [4.69, 9.17) is 5.73 Å². The first-order valence-corrected chi connectivity index (χ1v) is 4.65. The molecular formula is C7H11NO2S. The number of hydrogen-bond acceptors (Lipinski definition) is 4. The summed E-state index contributed by atoms with van der Waals surface area (Å²) < 4.78 is 0. The summed E-state index contributed by atoms with van der Waals surface area (Å²) in [4.78, 5) is 21.8.